The van der Waals surface area contributed by atoms with E-state index in [2.05, 4.69) is 10.8 Å². The molecule has 0 saturated carbocycles. The van der Waals surface area contributed by atoms with Gasteiger partial charge >= 0.3 is 0 Å². The van der Waals surface area contributed by atoms with E-state index in [0.29, 0.717) is 17.9 Å². The van der Waals surface area contributed by atoms with E-state index >= 15 is 0 Å². The number of aliphatic hydroxyl groups is 2. The van der Waals surface area contributed by atoms with Gasteiger partial charge in [-0.3, -0.25) is 4.72 Å². The van der Waals surface area contributed by atoms with E-state index in [0.717, 1.165) is 11.3 Å². The van der Waals surface area contributed by atoms with Crippen molar-refractivity contribution in [2.24, 2.45) is 0 Å². The van der Waals surface area contributed by atoms with Crippen molar-refractivity contribution in [2.45, 2.75) is 31.3 Å². The molecule has 3 unspecified atom stereocenters. The zero-order valence-corrected chi connectivity index (χ0v) is 14.7. The molecule has 3 atom stereocenters. The second-order valence-electron chi connectivity index (χ2n) is 5.89. The maximum atomic E-state index is 9.62. The standard InChI is InChI=1S/C17H23N3O3S/c1-20(2)13-5-3-12(4-6-13)7-16(10-18)24-19-11-15-8-14(21)9-17(22)23-15/h3-7,14-15,17,19,21-22H,8-9,11H2,1-2H3/b16-7+. The Bertz CT molecular complexity index is 588. The molecule has 1 aromatic carbocycles. The lowest BCUT2D eigenvalue weighted by atomic mass is 10.1. The molecule has 1 fully saturated rings. The smallest absolute Gasteiger partial charge is 0.157 e. The Morgan fingerprint density at radius 1 is 1.38 bits per heavy atom. The summed E-state index contributed by atoms with van der Waals surface area (Å²) in [6, 6.07) is 10.1. The molecule has 0 radical (unpaired) electrons. The fraction of sp³-hybridized carbons (Fsp3) is 0.471. The van der Waals surface area contributed by atoms with Crippen molar-refractivity contribution < 1.29 is 14.9 Å². The maximum Gasteiger partial charge on any atom is 0.157 e. The van der Waals surface area contributed by atoms with Gasteiger partial charge in [0.15, 0.2) is 6.29 Å². The van der Waals surface area contributed by atoms with Crippen molar-refractivity contribution in [3.63, 3.8) is 0 Å². The van der Waals surface area contributed by atoms with Crippen LogP contribution in [0.2, 0.25) is 0 Å². The second-order valence-corrected chi connectivity index (χ2v) is 6.83. The van der Waals surface area contributed by atoms with E-state index in [1.54, 1.807) is 0 Å². The third kappa shape index (κ3) is 5.82. The highest BCUT2D eigenvalue weighted by Gasteiger charge is 2.26. The van der Waals surface area contributed by atoms with Crippen LogP contribution in [0.3, 0.4) is 0 Å². The summed E-state index contributed by atoms with van der Waals surface area (Å²) in [7, 11) is 3.96. The highest BCUT2D eigenvalue weighted by Crippen LogP contribution is 2.21. The molecule has 6 nitrogen and oxygen atoms in total. The minimum atomic E-state index is -0.924. The number of nitrogens with zero attached hydrogens (tertiary/aromatic N) is 2. The van der Waals surface area contributed by atoms with E-state index in [-0.39, 0.29) is 12.5 Å². The minimum Gasteiger partial charge on any atom is -0.393 e. The summed E-state index contributed by atoms with van der Waals surface area (Å²) in [4.78, 5) is 2.55. The first-order valence-corrected chi connectivity index (χ1v) is 8.60. The molecule has 1 heterocycles. The highest BCUT2D eigenvalue weighted by atomic mass is 32.2. The number of benzene rings is 1. The molecule has 2 rings (SSSR count). The van der Waals surface area contributed by atoms with E-state index in [1.165, 1.54) is 11.9 Å². The van der Waals surface area contributed by atoms with Crippen LogP contribution in [0.4, 0.5) is 5.69 Å². The van der Waals surface area contributed by atoms with Gasteiger partial charge in [0.05, 0.1) is 12.2 Å². The van der Waals surface area contributed by atoms with Crippen LogP contribution in [-0.2, 0) is 4.74 Å². The Hall–Kier alpha value is -1.56. The molecule has 1 aliphatic rings. The van der Waals surface area contributed by atoms with Crippen LogP contribution < -0.4 is 9.62 Å². The van der Waals surface area contributed by atoms with Crippen LogP contribution in [0, 0.1) is 11.3 Å². The SMILES string of the molecule is CN(C)c1ccc(/C=C(\C#N)SNCC2CC(O)CC(O)O2)cc1. The fourth-order valence-corrected chi connectivity index (χ4v) is 3.08. The van der Waals surface area contributed by atoms with Crippen LogP contribution in [0.25, 0.3) is 6.08 Å². The highest BCUT2D eigenvalue weighted by molar-refractivity contribution is 8.01. The third-order valence-electron chi connectivity index (χ3n) is 3.67. The topological polar surface area (TPSA) is 88.8 Å². The average Bonchev–Trinajstić information content (AvgIpc) is 2.53. The molecule has 0 aliphatic carbocycles. The molecular weight excluding hydrogens is 326 g/mol. The Kier molecular flexibility index (Phi) is 7.09. The van der Waals surface area contributed by atoms with Crippen molar-refractivity contribution >= 4 is 23.7 Å². The molecular formula is C17H23N3O3S. The number of rotatable bonds is 6. The first kappa shape index (κ1) is 18.8. The zero-order chi connectivity index (χ0) is 17.5. The Morgan fingerprint density at radius 3 is 2.67 bits per heavy atom. The molecule has 1 aliphatic heterocycles. The molecule has 130 valence electrons. The normalized spacial score (nSPS) is 24.5. The van der Waals surface area contributed by atoms with Crippen LogP contribution in [0.5, 0.6) is 0 Å². The maximum absolute atomic E-state index is 9.62. The lowest BCUT2D eigenvalue weighted by Crippen LogP contribution is -2.39. The average molecular weight is 349 g/mol. The first-order valence-electron chi connectivity index (χ1n) is 7.78. The summed E-state index contributed by atoms with van der Waals surface area (Å²) in [6.45, 7) is 0.442. The molecule has 0 amide bonds. The number of nitriles is 1. The van der Waals surface area contributed by atoms with Gasteiger partial charge in [-0.05, 0) is 35.7 Å². The number of ether oxygens (including phenoxy) is 1. The van der Waals surface area contributed by atoms with E-state index in [1.807, 2.05) is 49.3 Å². The minimum absolute atomic E-state index is 0.246. The Balaban J connectivity index is 1.86. The number of hydrogen-bond donors (Lipinski definition) is 3. The van der Waals surface area contributed by atoms with Crippen molar-refractivity contribution in [3.05, 3.63) is 34.7 Å². The number of aliphatic hydroxyl groups excluding tert-OH is 2. The number of hydrogen-bond acceptors (Lipinski definition) is 7. The molecule has 3 N–H and O–H groups in total. The van der Waals surface area contributed by atoms with Crippen LogP contribution in [0.15, 0.2) is 29.2 Å². The number of allylic oxidation sites excluding steroid dienone is 1. The van der Waals surface area contributed by atoms with E-state index in [9.17, 15) is 15.5 Å². The predicted molar refractivity (Wildman–Crippen MR) is 96.1 cm³/mol. The van der Waals surface area contributed by atoms with Gasteiger partial charge in [-0.2, -0.15) is 5.26 Å². The fourth-order valence-electron chi connectivity index (χ4n) is 2.41. The Morgan fingerprint density at radius 2 is 2.08 bits per heavy atom. The summed E-state index contributed by atoms with van der Waals surface area (Å²) < 4.78 is 8.41. The molecule has 0 bridgehead atoms. The lowest BCUT2D eigenvalue weighted by Gasteiger charge is -2.30. The lowest BCUT2D eigenvalue weighted by molar-refractivity contribution is -0.186. The van der Waals surface area contributed by atoms with Crippen LogP contribution in [0.1, 0.15) is 18.4 Å². The summed E-state index contributed by atoms with van der Waals surface area (Å²) in [5, 5.41) is 28.3. The molecule has 0 spiro atoms. The van der Waals surface area contributed by atoms with Gasteiger partial charge < -0.3 is 19.8 Å². The molecule has 7 heteroatoms. The predicted octanol–water partition coefficient (Wildman–Crippen LogP) is 1.71. The molecule has 1 saturated heterocycles. The van der Waals surface area contributed by atoms with Crippen molar-refractivity contribution in [1.29, 1.82) is 5.26 Å². The third-order valence-corrected chi connectivity index (χ3v) is 4.41. The molecule has 24 heavy (non-hydrogen) atoms. The van der Waals surface area contributed by atoms with Gasteiger partial charge in [0, 0.05) is 39.2 Å². The van der Waals surface area contributed by atoms with Crippen molar-refractivity contribution in [1.82, 2.24) is 4.72 Å². The Labute approximate surface area is 146 Å². The van der Waals surface area contributed by atoms with Crippen LogP contribution in [-0.4, -0.2) is 49.4 Å². The first-order chi connectivity index (χ1) is 11.5. The monoisotopic (exact) mass is 349 g/mol. The number of nitrogens with one attached hydrogen (secondary N) is 1. The van der Waals surface area contributed by atoms with Gasteiger partial charge in [-0.25, -0.2) is 0 Å². The molecule has 0 aromatic heterocycles. The van der Waals surface area contributed by atoms with Gasteiger partial charge in [0.2, 0.25) is 0 Å². The zero-order valence-electron chi connectivity index (χ0n) is 13.8. The summed E-state index contributed by atoms with van der Waals surface area (Å²) in [5.74, 6) is 0. The van der Waals surface area contributed by atoms with Gasteiger partial charge in [-0.15, -0.1) is 0 Å². The van der Waals surface area contributed by atoms with E-state index in [4.69, 9.17) is 4.74 Å². The summed E-state index contributed by atoms with van der Waals surface area (Å²) >= 11 is 1.22. The van der Waals surface area contributed by atoms with Gasteiger partial charge in [0.1, 0.15) is 11.0 Å². The molecule has 1 aromatic rings. The second kappa shape index (κ2) is 9.06. The van der Waals surface area contributed by atoms with Crippen molar-refractivity contribution in [3.8, 4) is 6.07 Å². The quantitative estimate of drug-likeness (QED) is 0.532. The van der Waals surface area contributed by atoms with Gasteiger partial charge in [0.25, 0.3) is 0 Å². The largest absolute Gasteiger partial charge is 0.393 e. The summed E-state index contributed by atoms with van der Waals surface area (Å²) in [6.07, 6.45) is 0.787. The number of anilines is 1. The van der Waals surface area contributed by atoms with Gasteiger partial charge in [-0.1, -0.05) is 12.1 Å². The van der Waals surface area contributed by atoms with Crippen LogP contribution >= 0.6 is 11.9 Å². The summed E-state index contributed by atoms with van der Waals surface area (Å²) in [5.41, 5.74) is 2.05. The van der Waals surface area contributed by atoms with Crippen molar-refractivity contribution in [2.75, 3.05) is 25.5 Å². The van der Waals surface area contributed by atoms with E-state index < -0.39 is 12.4 Å².